The van der Waals surface area contributed by atoms with Gasteiger partial charge in [0, 0.05) is 37.3 Å². The molecular formula is C13H27N3. The first-order chi connectivity index (χ1) is 7.63. The number of fused-ring (bicyclic) bond motifs is 2. The van der Waals surface area contributed by atoms with E-state index in [1.165, 1.54) is 32.4 Å². The second-order valence-corrected chi connectivity index (χ2v) is 5.65. The standard InChI is InChI=1S/C13H27N3/c1-4-13(14)10(2)16-8-7-11-5-6-12(9-16)15(11)3/h10-13H,4-9,14H2,1-3H3. The molecule has 94 valence electrons. The van der Waals surface area contributed by atoms with Crippen LogP contribution in [0.15, 0.2) is 0 Å². The maximum Gasteiger partial charge on any atom is 0.0223 e. The van der Waals surface area contributed by atoms with Crippen LogP contribution in [0, 0.1) is 0 Å². The van der Waals surface area contributed by atoms with Gasteiger partial charge in [-0.3, -0.25) is 9.80 Å². The molecule has 0 aromatic carbocycles. The number of rotatable bonds is 3. The van der Waals surface area contributed by atoms with Crippen molar-refractivity contribution in [1.29, 1.82) is 0 Å². The fourth-order valence-corrected chi connectivity index (χ4v) is 3.32. The second-order valence-electron chi connectivity index (χ2n) is 5.65. The van der Waals surface area contributed by atoms with Crippen molar-refractivity contribution in [2.45, 2.75) is 63.7 Å². The Labute approximate surface area is 100.0 Å². The molecule has 2 rings (SSSR count). The van der Waals surface area contributed by atoms with Crippen LogP contribution in [-0.2, 0) is 0 Å². The Kier molecular flexibility index (Phi) is 3.88. The molecule has 2 bridgehead atoms. The lowest BCUT2D eigenvalue weighted by Gasteiger charge is -2.34. The Hall–Kier alpha value is -0.120. The van der Waals surface area contributed by atoms with E-state index in [0.29, 0.717) is 12.1 Å². The minimum absolute atomic E-state index is 0.335. The number of nitrogens with zero attached hydrogens (tertiary/aromatic N) is 2. The van der Waals surface area contributed by atoms with Gasteiger partial charge in [0.05, 0.1) is 0 Å². The van der Waals surface area contributed by atoms with Crippen molar-refractivity contribution in [3.8, 4) is 0 Å². The van der Waals surface area contributed by atoms with Gasteiger partial charge in [-0.25, -0.2) is 0 Å². The van der Waals surface area contributed by atoms with Crippen molar-refractivity contribution in [2.75, 3.05) is 20.1 Å². The summed E-state index contributed by atoms with van der Waals surface area (Å²) in [7, 11) is 2.30. The van der Waals surface area contributed by atoms with Crippen LogP contribution in [0.5, 0.6) is 0 Å². The molecule has 4 atom stereocenters. The summed E-state index contributed by atoms with van der Waals surface area (Å²) in [6, 6.07) is 2.48. The van der Waals surface area contributed by atoms with Crippen molar-refractivity contribution in [2.24, 2.45) is 5.73 Å². The molecule has 2 aliphatic rings. The molecule has 2 aliphatic heterocycles. The van der Waals surface area contributed by atoms with Gasteiger partial charge in [0.15, 0.2) is 0 Å². The molecular weight excluding hydrogens is 198 g/mol. The molecule has 0 aromatic rings. The summed E-state index contributed by atoms with van der Waals surface area (Å²) in [5.74, 6) is 0. The third kappa shape index (κ3) is 2.27. The van der Waals surface area contributed by atoms with Crippen molar-refractivity contribution >= 4 is 0 Å². The summed E-state index contributed by atoms with van der Waals surface area (Å²) in [6.07, 6.45) is 5.20. The quantitative estimate of drug-likeness (QED) is 0.785. The van der Waals surface area contributed by atoms with E-state index in [0.717, 1.165) is 18.5 Å². The molecule has 0 aliphatic carbocycles. The van der Waals surface area contributed by atoms with E-state index >= 15 is 0 Å². The predicted octanol–water partition coefficient (Wildman–Crippen LogP) is 1.28. The molecule has 0 aromatic heterocycles. The van der Waals surface area contributed by atoms with Gasteiger partial charge >= 0.3 is 0 Å². The highest BCUT2D eigenvalue weighted by Crippen LogP contribution is 2.29. The lowest BCUT2D eigenvalue weighted by molar-refractivity contribution is 0.160. The highest BCUT2D eigenvalue weighted by molar-refractivity contribution is 4.93. The van der Waals surface area contributed by atoms with Gasteiger partial charge in [-0.2, -0.15) is 0 Å². The first-order valence-electron chi connectivity index (χ1n) is 6.85. The first kappa shape index (κ1) is 12.3. The van der Waals surface area contributed by atoms with Crippen LogP contribution < -0.4 is 5.73 Å². The van der Waals surface area contributed by atoms with Crippen molar-refractivity contribution in [3.05, 3.63) is 0 Å². The largest absolute Gasteiger partial charge is 0.326 e. The highest BCUT2D eigenvalue weighted by Gasteiger charge is 2.36. The molecule has 0 spiro atoms. The molecule has 2 N–H and O–H groups in total. The zero-order valence-electron chi connectivity index (χ0n) is 11.0. The molecule has 4 unspecified atom stereocenters. The third-order valence-electron chi connectivity index (χ3n) is 4.85. The van der Waals surface area contributed by atoms with Crippen LogP contribution >= 0.6 is 0 Å². The highest BCUT2D eigenvalue weighted by atomic mass is 15.3. The van der Waals surface area contributed by atoms with Crippen LogP contribution in [0.3, 0.4) is 0 Å². The van der Waals surface area contributed by atoms with E-state index in [1.807, 2.05) is 0 Å². The molecule has 3 heteroatoms. The van der Waals surface area contributed by atoms with E-state index in [2.05, 4.69) is 30.7 Å². The Balaban J connectivity index is 1.98. The normalized spacial score (nSPS) is 36.0. The number of hydrogen-bond donors (Lipinski definition) is 1. The summed E-state index contributed by atoms with van der Waals surface area (Å²) in [4.78, 5) is 5.22. The maximum atomic E-state index is 6.18. The van der Waals surface area contributed by atoms with E-state index in [1.54, 1.807) is 0 Å². The van der Waals surface area contributed by atoms with Gasteiger partial charge < -0.3 is 5.73 Å². The molecule has 2 heterocycles. The van der Waals surface area contributed by atoms with Crippen LogP contribution in [-0.4, -0.2) is 54.1 Å². The topological polar surface area (TPSA) is 32.5 Å². The van der Waals surface area contributed by atoms with E-state index in [4.69, 9.17) is 5.73 Å². The lowest BCUT2D eigenvalue weighted by atomic mass is 10.0. The molecule has 0 radical (unpaired) electrons. The molecule has 3 nitrogen and oxygen atoms in total. The lowest BCUT2D eigenvalue weighted by Crippen LogP contribution is -2.48. The summed E-state index contributed by atoms with van der Waals surface area (Å²) in [5, 5.41) is 0. The summed E-state index contributed by atoms with van der Waals surface area (Å²) in [6.45, 7) is 6.95. The van der Waals surface area contributed by atoms with Gasteiger partial charge in [-0.1, -0.05) is 6.92 Å². The van der Waals surface area contributed by atoms with Crippen LogP contribution in [0.2, 0.25) is 0 Å². The summed E-state index contributed by atoms with van der Waals surface area (Å²) in [5.41, 5.74) is 6.18. The van der Waals surface area contributed by atoms with Gasteiger partial charge in [-0.05, 0) is 39.7 Å². The number of hydrogen-bond acceptors (Lipinski definition) is 3. The Bertz CT molecular complexity index is 231. The first-order valence-corrected chi connectivity index (χ1v) is 6.85. The molecule has 0 amide bonds. The van der Waals surface area contributed by atoms with E-state index < -0.39 is 0 Å². The third-order valence-corrected chi connectivity index (χ3v) is 4.85. The van der Waals surface area contributed by atoms with E-state index in [9.17, 15) is 0 Å². The second kappa shape index (κ2) is 5.03. The number of likely N-dealkylation sites (N-methyl/N-ethyl adjacent to an activating group) is 1. The molecule has 16 heavy (non-hydrogen) atoms. The predicted molar refractivity (Wildman–Crippen MR) is 68.5 cm³/mol. The molecule has 2 fully saturated rings. The van der Waals surface area contributed by atoms with E-state index in [-0.39, 0.29) is 0 Å². The van der Waals surface area contributed by atoms with Crippen LogP contribution in [0.4, 0.5) is 0 Å². The Morgan fingerprint density at radius 1 is 1.25 bits per heavy atom. The average molecular weight is 225 g/mol. The zero-order chi connectivity index (χ0) is 11.7. The van der Waals surface area contributed by atoms with Crippen LogP contribution in [0.25, 0.3) is 0 Å². The summed E-state index contributed by atoms with van der Waals surface area (Å²) < 4.78 is 0. The molecule has 0 saturated carbocycles. The smallest absolute Gasteiger partial charge is 0.0223 e. The Morgan fingerprint density at radius 3 is 2.62 bits per heavy atom. The minimum Gasteiger partial charge on any atom is -0.326 e. The van der Waals surface area contributed by atoms with Crippen LogP contribution in [0.1, 0.15) is 39.5 Å². The van der Waals surface area contributed by atoms with Gasteiger partial charge in [0.1, 0.15) is 0 Å². The average Bonchev–Trinajstić information content (AvgIpc) is 2.51. The number of nitrogens with two attached hydrogens (primary N) is 1. The van der Waals surface area contributed by atoms with Gasteiger partial charge in [-0.15, -0.1) is 0 Å². The zero-order valence-corrected chi connectivity index (χ0v) is 11.0. The van der Waals surface area contributed by atoms with Crippen molar-refractivity contribution in [1.82, 2.24) is 9.80 Å². The SMILES string of the molecule is CCC(N)C(C)N1CCC2CCC(C1)N2C. The summed E-state index contributed by atoms with van der Waals surface area (Å²) >= 11 is 0. The van der Waals surface area contributed by atoms with Gasteiger partial charge in [0.2, 0.25) is 0 Å². The fourth-order valence-electron chi connectivity index (χ4n) is 3.32. The number of likely N-dealkylation sites (tertiary alicyclic amines) is 1. The monoisotopic (exact) mass is 225 g/mol. The fraction of sp³-hybridized carbons (Fsp3) is 1.00. The molecule has 2 saturated heterocycles. The van der Waals surface area contributed by atoms with Gasteiger partial charge in [0.25, 0.3) is 0 Å². The maximum absolute atomic E-state index is 6.18. The Morgan fingerprint density at radius 2 is 1.94 bits per heavy atom. The minimum atomic E-state index is 0.335. The van der Waals surface area contributed by atoms with Crippen molar-refractivity contribution < 1.29 is 0 Å². The van der Waals surface area contributed by atoms with Crippen molar-refractivity contribution in [3.63, 3.8) is 0 Å².